The molecule has 5 heteroatoms. The quantitative estimate of drug-likeness (QED) is 0.921. The Balaban J connectivity index is 2.14. The molecular formula is C15H24N4S. The summed E-state index contributed by atoms with van der Waals surface area (Å²) in [6, 6.07) is 0.236. The molecule has 2 heterocycles. The van der Waals surface area contributed by atoms with E-state index in [2.05, 4.69) is 49.6 Å². The molecule has 1 unspecified atom stereocenters. The predicted molar refractivity (Wildman–Crippen MR) is 84.1 cm³/mol. The normalized spacial score (nSPS) is 13.7. The maximum atomic E-state index is 4.78. The second kappa shape index (κ2) is 6.06. The van der Waals surface area contributed by atoms with Crippen LogP contribution in [0.15, 0.2) is 17.9 Å². The van der Waals surface area contributed by atoms with Crippen molar-refractivity contribution < 1.29 is 0 Å². The zero-order chi connectivity index (χ0) is 14.8. The Bertz CT molecular complexity index is 550. The van der Waals surface area contributed by atoms with Crippen molar-refractivity contribution in [3.05, 3.63) is 34.3 Å². The summed E-state index contributed by atoms with van der Waals surface area (Å²) in [5, 5.41) is 6.85. The standard InChI is InChI=1S/C15H24N4S/c1-6-16-11(12-8-19(5)10-17-12)7-14-18-13(9-20-14)15(2,3)4/h8-11,16H,6-7H2,1-5H3. The average molecular weight is 292 g/mol. The van der Waals surface area contributed by atoms with Crippen LogP contribution in [0, 0.1) is 0 Å². The van der Waals surface area contributed by atoms with Crippen LogP contribution in [0.5, 0.6) is 0 Å². The zero-order valence-corrected chi connectivity index (χ0v) is 13.8. The number of hydrogen-bond acceptors (Lipinski definition) is 4. The lowest BCUT2D eigenvalue weighted by molar-refractivity contribution is 0.530. The summed E-state index contributed by atoms with van der Waals surface area (Å²) in [7, 11) is 2.00. The summed E-state index contributed by atoms with van der Waals surface area (Å²) in [4.78, 5) is 9.24. The van der Waals surface area contributed by atoms with Gasteiger partial charge in [-0.1, -0.05) is 27.7 Å². The number of likely N-dealkylation sites (N-methyl/N-ethyl adjacent to an activating group) is 1. The van der Waals surface area contributed by atoms with Gasteiger partial charge in [0.15, 0.2) is 0 Å². The van der Waals surface area contributed by atoms with Crippen molar-refractivity contribution in [3.8, 4) is 0 Å². The van der Waals surface area contributed by atoms with Crippen LogP contribution in [0.3, 0.4) is 0 Å². The van der Waals surface area contributed by atoms with Gasteiger partial charge in [-0.25, -0.2) is 9.97 Å². The van der Waals surface area contributed by atoms with Crippen molar-refractivity contribution in [1.82, 2.24) is 19.9 Å². The summed E-state index contributed by atoms with van der Waals surface area (Å²) in [5.41, 5.74) is 2.38. The van der Waals surface area contributed by atoms with Crippen molar-refractivity contribution in [2.75, 3.05) is 6.54 Å². The predicted octanol–water partition coefficient (Wildman–Crippen LogP) is 3.07. The second-order valence-electron chi connectivity index (χ2n) is 6.15. The lowest BCUT2D eigenvalue weighted by Gasteiger charge is -2.15. The third kappa shape index (κ3) is 3.67. The largest absolute Gasteiger partial charge is 0.340 e. The Labute approximate surface area is 125 Å². The number of aromatic nitrogens is 3. The lowest BCUT2D eigenvalue weighted by atomic mass is 9.93. The molecule has 0 saturated heterocycles. The van der Waals surface area contributed by atoms with Crippen LogP contribution >= 0.6 is 11.3 Å². The molecule has 1 atom stereocenters. The number of hydrogen-bond donors (Lipinski definition) is 1. The molecule has 0 aliphatic heterocycles. The molecule has 0 saturated carbocycles. The molecule has 0 fully saturated rings. The molecular weight excluding hydrogens is 268 g/mol. The van der Waals surface area contributed by atoms with Crippen LogP contribution in [0.25, 0.3) is 0 Å². The number of aryl methyl sites for hydroxylation is 1. The highest BCUT2D eigenvalue weighted by molar-refractivity contribution is 7.09. The molecule has 2 rings (SSSR count). The van der Waals surface area contributed by atoms with E-state index in [1.54, 1.807) is 11.3 Å². The first kappa shape index (κ1) is 15.2. The van der Waals surface area contributed by atoms with E-state index in [9.17, 15) is 0 Å². The molecule has 0 radical (unpaired) electrons. The van der Waals surface area contributed by atoms with Crippen molar-refractivity contribution in [3.63, 3.8) is 0 Å². The van der Waals surface area contributed by atoms with Crippen molar-refractivity contribution >= 4 is 11.3 Å². The first-order chi connectivity index (χ1) is 9.40. The van der Waals surface area contributed by atoms with Gasteiger partial charge in [-0.15, -0.1) is 11.3 Å². The van der Waals surface area contributed by atoms with Gasteiger partial charge in [0.25, 0.3) is 0 Å². The minimum absolute atomic E-state index is 0.118. The third-order valence-corrected chi connectivity index (χ3v) is 4.10. The van der Waals surface area contributed by atoms with Gasteiger partial charge in [0.1, 0.15) is 0 Å². The molecule has 2 aromatic rings. The number of rotatable bonds is 5. The Morgan fingerprint density at radius 2 is 2.15 bits per heavy atom. The molecule has 0 aliphatic rings. The van der Waals surface area contributed by atoms with Crippen LogP contribution in [-0.4, -0.2) is 21.1 Å². The summed E-state index contributed by atoms with van der Waals surface area (Å²) in [6.45, 7) is 9.65. The van der Waals surface area contributed by atoms with Gasteiger partial charge in [-0.3, -0.25) is 0 Å². The minimum atomic E-state index is 0.118. The van der Waals surface area contributed by atoms with E-state index in [0.29, 0.717) is 0 Å². The topological polar surface area (TPSA) is 42.7 Å². The van der Waals surface area contributed by atoms with E-state index in [1.165, 1.54) is 10.7 Å². The maximum Gasteiger partial charge on any atom is 0.0948 e. The number of nitrogens with one attached hydrogen (secondary N) is 1. The first-order valence-corrected chi connectivity index (χ1v) is 7.94. The fourth-order valence-electron chi connectivity index (χ4n) is 2.06. The monoisotopic (exact) mass is 292 g/mol. The van der Waals surface area contributed by atoms with Crippen LogP contribution < -0.4 is 5.32 Å². The van der Waals surface area contributed by atoms with Gasteiger partial charge >= 0.3 is 0 Å². The molecule has 110 valence electrons. The van der Waals surface area contributed by atoms with E-state index in [0.717, 1.165) is 18.7 Å². The molecule has 0 aliphatic carbocycles. The van der Waals surface area contributed by atoms with E-state index in [-0.39, 0.29) is 11.5 Å². The molecule has 0 amide bonds. The molecule has 1 N–H and O–H groups in total. The van der Waals surface area contributed by atoms with Gasteiger partial charge in [0.2, 0.25) is 0 Å². The van der Waals surface area contributed by atoms with E-state index in [1.807, 2.05) is 17.9 Å². The Morgan fingerprint density at radius 1 is 1.40 bits per heavy atom. The molecule has 0 aromatic carbocycles. The van der Waals surface area contributed by atoms with E-state index >= 15 is 0 Å². The molecule has 0 spiro atoms. The fourth-order valence-corrected chi connectivity index (χ4v) is 3.13. The van der Waals surface area contributed by atoms with Gasteiger partial charge in [-0.05, 0) is 6.54 Å². The lowest BCUT2D eigenvalue weighted by Crippen LogP contribution is -2.23. The van der Waals surface area contributed by atoms with E-state index in [4.69, 9.17) is 4.98 Å². The Morgan fingerprint density at radius 3 is 2.65 bits per heavy atom. The molecule has 20 heavy (non-hydrogen) atoms. The van der Waals surface area contributed by atoms with Gasteiger partial charge < -0.3 is 9.88 Å². The Hall–Kier alpha value is -1.20. The summed E-state index contributed by atoms with van der Waals surface area (Å²) in [6.07, 6.45) is 4.82. The van der Waals surface area contributed by atoms with Crippen molar-refractivity contribution in [2.24, 2.45) is 7.05 Å². The average Bonchev–Trinajstić information content (AvgIpc) is 2.96. The maximum absolute atomic E-state index is 4.78. The third-order valence-electron chi connectivity index (χ3n) is 3.23. The second-order valence-corrected chi connectivity index (χ2v) is 7.10. The summed E-state index contributed by atoms with van der Waals surface area (Å²) < 4.78 is 1.99. The number of nitrogens with zero attached hydrogens (tertiary/aromatic N) is 3. The number of thiazole rings is 1. The summed E-state index contributed by atoms with van der Waals surface area (Å²) >= 11 is 1.75. The Kier molecular flexibility index (Phi) is 4.60. The van der Waals surface area contributed by atoms with Crippen LogP contribution in [-0.2, 0) is 18.9 Å². The van der Waals surface area contributed by atoms with Crippen molar-refractivity contribution in [2.45, 2.75) is 45.6 Å². The van der Waals surface area contributed by atoms with Gasteiger partial charge in [-0.2, -0.15) is 0 Å². The van der Waals surface area contributed by atoms with Crippen LogP contribution in [0.1, 0.15) is 50.1 Å². The van der Waals surface area contributed by atoms with Crippen molar-refractivity contribution in [1.29, 1.82) is 0 Å². The van der Waals surface area contributed by atoms with Gasteiger partial charge in [0.05, 0.1) is 28.8 Å². The highest BCUT2D eigenvalue weighted by Gasteiger charge is 2.20. The highest BCUT2D eigenvalue weighted by Crippen LogP contribution is 2.26. The zero-order valence-electron chi connectivity index (χ0n) is 13.0. The first-order valence-electron chi connectivity index (χ1n) is 7.06. The van der Waals surface area contributed by atoms with Gasteiger partial charge in [0, 0.05) is 30.5 Å². The van der Waals surface area contributed by atoms with Crippen LogP contribution in [0.2, 0.25) is 0 Å². The summed E-state index contributed by atoms with van der Waals surface area (Å²) in [5.74, 6) is 0. The molecule has 4 nitrogen and oxygen atoms in total. The van der Waals surface area contributed by atoms with E-state index < -0.39 is 0 Å². The molecule has 0 bridgehead atoms. The number of imidazole rings is 1. The smallest absolute Gasteiger partial charge is 0.0948 e. The fraction of sp³-hybridized carbons (Fsp3) is 0.600. The SMILES string of the molecule is CCNC(Cc1nc(C(C)(C)C)cs1)c1cn(C)cn1. The molecule has 2 aromatic heterocycles. The van der Waals surface area contributed by atoms with Crippen LogP contribution in [0.4, 0.5) is 0 Å². The highest BCUT2D eigenvalue weighted by atomic mass is 32.1. The minimum Gasteiger partial charge on any atom is -0.340 e.